The number of sulfonamides is 1. The lowest BCUT2D eigenvalue weighted by Crippen LogP contribution is -2.48. The van der Waals surface area contributed by atoms with Crippen LogP contribution in [0, 0.1) is 13.8 Å². The fraction of sp³-hybridized carbons (Fsp3) is 0.462. The van der Waals surface area contributed by atoms with Crippen LogP contribution in [0.2, 0.25) is 0 Å². The second-order valence-electron chi connectivity index (χ2n) is 8.60. The molecule has 0 saturated heterocycles. The van der Waals surface area contributed by atoms with Crippen LogP contribution in [-0.4, -0.2) is 57.1 Å². The van der Waals surface area contributed by atoms with Crippen LogP contribution in [0.25, 0.3) is 0 Å². The monoisotopic (exact) mass is 487 g/mol. The Morgan fingerprint density at radius 3 is 2.26 bits per heavy atom. The zero-order valence-corrected chi connectivity index (χ0v) is 21.7. The Morgan fingerprint density at radius 2 is 1.68 bits per heavy atom. The first-order valence-corrected chi connectivity index (χ1v) is 13.6. The molecule has 2 amide bonds. The van der Waals surface area contributed by atoms with Crippen molar-refractivity contribution in [3.8, 4) is 0 Å². The molecule has 1 N–H and O–H groups in total. The van der Waals surface area contributed by atoms with Gasteiger partial charge < -0.3 is 10.2 Å². The van der Waals surface area contributed by atoms with Crippen LogP contribution in [0.5, 0.6) is 0 Å². The Labute approximate surface area is 204 Å². The van der Waals surface area contributed by atoms with Crippen LogP contribution in [0.15, 0.2) is 48.5 Å². The van der Waals surface area contributed by atoms with Crippen molar-refractivity contribution in [3.05, 3.63) is 65.2 Å². The van der Waals surface area contributed by atoms with Gasteiger partial charge in [0.1, 0.15) is 6.04 Å². The summed E-state index contributed by atoms with van der Waals surface area (Å²) in [6.07, 6.45) is 2.31. The molecule has 0 radical (unpaired) electrons. The number of nitrogens with zero attached hydrogens (tertiary/aromatic N) is 2. The van der Waals surface area contributed by atoms with Gasteiger partial charge in [-0.25, -0.2) is 8.42 Å². The van der Waals surface area contributed by atoms with Crippen molar-refractivity contribution in [2.75, 3.05) is 30.2 Å². The van der Waals surface area contributed by atoms with Crippen LogP contribution in [0.1, 0.15) is 43.4 Å². The number of nitrogens with one attached hydrogen (secondary N) is 1. The Kier molecular flexibility index (Phi) is 10.1. The van der Waals surface area contributed by atoms with Crippen LogP contribution in [0.4, 0.5) is 5.69 Å². The van der Waals surface area contributed by atoms with E-state index in [0.29, 0.717) is 31.6 Å². The van der Waals surface area contributed by atoms with Gasteiger partial charge in [0.2, 0.25) is 21.8 Å². The number of anilines is 1. The molecule has 34 heavy (non-hydrogen) atoms. The highest BCUT2D eigenvalue weighted by Crippen LogP contribution is 2.22. The smallest absolute Gasteiger partial charge is 0.242 e. The SMILES string of the molecule is CCNC(=O)C(C)N(CCc1ccccc1)C(=O)CCCN(c1ccc(C)c(C)c1)S(C)(=O)=O. The van der Waals surface area contributed by atoms with Gasteiger partial charge in [0.15, 0.2) is 0 Å². The highest BCUT2D eigenvalue weighted by atomic mass is 32.2. The summed E-state index contributed by atoms with van der Waals surface area (Å²) in [4.78, 5) is 27.2. The molecule has 0 aliphatic rings. The summed E-state index contributed by atoms with van der Waals surface area (Å²) in [7, 11) is -3.50. The van der Waals surface area contributed by atoms with Crippen LogP contribution in [-0.2, 0) is 26.0 Å². The number of likely N-dealkylation sites (N-methyl/N-ethyl adjacent to an activating group) is 1. The zero-order valence-electron chi connectivity index (χ0n) is 20.9. The van der Waals surface area contributed by atoms with Gasteiger partial charge in [-0.3, -0.25) is 13.9 Å². The minimum absolute atomic E-state index is 0.148. The van der Waals surface area contributed by atoms with E-state index in [-0.39, 0.29) is 24.8 Å². The number of hydrogen-bond donors (Lipinski definition) is 1. The standard InChI is InChI=1S/C26H37N3O4S/c1-6-27-26(31)22(4)28(18-16-23-11-8-7-9-12-23)25(30)13-10-17-29(34(5,32)33)24-15-14-20(2)21(3)19-24/h7-9,11-12,14-15,19,22H,6,10,13,16-18H2,1-5H3,(H,27,31). The number of hydrogen-bond acceptors (Lipinski definition) is 4. The average molecular weight is 488 g/mol. The Bertz CT molecular complexity index is 1070. The summed E-state index contributed by atoms with van der Waals surface area (Å²) in [5.41, 5.74) is 3.77. The lowest BCUT2D eigenvalue weighted by Gasteiger charge is -2.29. The Balaban J connectivity index is 2.11. The third-order valence-electron chi connectivity index (χ3n) is 5.93. The Hall–Kier alpha value is -2.87. The molecule has 1 atom stereocenters. The summed E-state index contributed by atoms with van der Waals surface area (Å²) in [5.74, 6) is -0.361. The normalized spacial score (nSPS) is 12.1. The van der Waals surface area contributed by atoms with Crippen LogP contribution < -0.4 is 9.62 Å². The quantitative estimate of drug-likeness (QED) is 0.497. The molecule has 8 heteroatoms. The number of aryl methyl sites for hydroxylation is 2. The first-order valence-electron chi connectivity index (χ1n) is 11.7. The number of carbonyl (C=O) groups is 2. The van der Waals surface area contributed by atoms with E-state index < -0.39 is 16.1 Å². The highest BCUT2D eigenvalue weighted by Gasteiger charge is 2.26. The van der Waals surface area contributed by atoms with Crippen molar-refractivity contribution >= 4 is 27.5 Å². The summed E-state index contributed by atoms with van der Waals surface area (Å²) >= 11 is 0. The van der Waals surface area contributed by atoms with E-state index in [1.54, 1.807) is 17.9 Å². The second-order valence-corrected chi connectivity index (χ2v) is 10.5. The molecule has 0 heterocycles. The van der Waals surface area contributed by atoms with E-state index in [4.69, 9.17) is 0 Å². The topological polar surface area (TPSA) is 86.8 Å². The minimum atomic E-state index is -3.50. The van der Waals surface area contributed by atoms with Crippen molar-refractivity contribution in [3.63, 3.8) is 0 Å². The van der Waals surface area contributed by atoms with Crippen LogP contribution in [0.3, 0.4) is 0 Å². The second kappa shape index (κ2) is 12.6. The van der Waals surface area contributed by atoms with Gasteiger partial charge in [-0.05, 0) is 69.4 Å². The predicted molar refractivity (Wildman–Crippen MR) is 137 cm³/mol. The van der Waals surface area contributed by atoms with E-state index in [1.807, 2.05) is 63.2 Å². The first kappa shape index (κ1) is 27.4. The lowest BCUT2D eigenvalue weighted by molar-refractivity contribution is -0.139. The molecular formula is C26H37N3O4S. The molecule has 0 saturated carbocycles. The van der Waals surface area contributed by atoms with Crippen molar-refractivity contribution in [1.29, 1.82) is 0 Å². The van der Waals surface area contributed by atoms with E-state index >= 15 is 0 Å². The number of carbonyl (C=O) groups excluding carboxylic acids is 2. The summed E-state index contributed by atoms with van der Waals surface area (Å²) in [6, 6.07) is 14.7. The molecule has 0 aliphatic heterocycles. The molecule has 2 rings (SSSR count). The van der Waals surface area contributed by atoms with Crippen molar-refractivity contribution in [2.45, 2.75) is 53.0 Å². The van der Waals surface area contributed by atoms with Crippen molar-refractivity contribution in [1.82, 2.24) is 10.2 Å². The van der Waals surface area contributed by atoms with E-state index in [0.717, 1.165) is 16.7 Å². The molecule has 2 aromatic rings. The fourth-order valence-electron chi connectivity index (χ4n) is 3.78. The summed E-state index contributed by atoms with van der Waals surface area (Å²) in [5, 5.41) is 2.78. The first-order chi connectivity index (χ1) is 16.0. The maximum absolute atomic E-state index is 13.2. The Morgan fingerprint density at radius 1 is 1.00 bits per heavy atom. The van der Waals surface area contributed by atoms with Gasteiger partial charge in [0.05, 0.1) is 11.9 Å². The maximum Gasteiger partial charge on any atom is 0.242 e. The fourth-order valence-corrected chi connectivity index (χ4v) is 4.73. The third-order valence-corrected chi connectivity index (χ3v) is 7.13. The minimum Gasteiger partial charge on any atom is -0.355 e. The van der Waals surface area contributed by atoms with Crippen LogP contribution >= 0.6 is 0 Å². The van der Waals surface area contributed by atoms with Gasteiger partial charge in [-0.15, -0.1) is 0 Å². The molecule has 186 valence electrons. The zero-order chi connectivity index (χ0) is 25.3. The van der Waals surface area contributed by atoms with Gasteiger partial charge in [0, 0.05) is 26.1 Å². The van der Waals surface area contributed by atoms with Gasteiger partial charge in [-0.2, -0.15) is 0 Å². The summed E-state index contributed by atoms with van der Waals surface area (Å²) < 4.78 is 26.2. The van der Waals surface area contributed by atoms with E-state index in [1.165, 1.54) is 10.6 Å². The third kappa shape index (κ3) is 7.87. The number of benzene rings is 2. The van der Waals surface area contributed by atoms with Gasteiger partial charge in [0.25, 0.3) is 0 Å². The average Bonchev–Trinajstić information content (AvgIpc) is 2.78. The molecular weight excluding hydrogens is 450 g/mol. The molecule has 1 unspecified atom stereocenters. The van der Waals surface area contributed by atoms with E-state index in [2.05, 4.69) is 5.32 Å². The largest absolute Gasteiger partial charge is 0.355 e. The van der Waals surface area contributed by atoms with Gasteiger partial charge in [-0.1, -0.05) is 36.4 Å². The van der Waals surface area contributed by atoms with E-state index in [9.17, 15) is 18.0 Å². The molecule has 7 nitrogen and oxygen atoms in total. The van der Waals surface area contributed by atoms with Crippen molar-refractivity contribution < 1.29 is 18.0 Å². The number of amides is 2. The molecule has 0 spiro atoms. The molecule has 0 aliphatic carbocycles. The molecule has 2 aromatic carbocycles. The lowest BCUT2D eigenvalue weighted by atomic mass is 10.1. The molecule has 0 fully saturated rings. The number of rotatable bonds is 12. The van der Waals surface area contributed by atoms with Crippen molar-refractivity contribution in [2.24, 2.45) is 0 Å². The molecule has 0 aromatic heterocycles. The van der Waals surface area contributed by atoms with Gasteiger partial charge >= 0.3 is 0 Å². The summed E-state index contributed by atoms with van der Waals surface area (Å²) in [6.45, 7) is 8.57. The molecule has 0 bridgehead atoms. The maximum atomic E-state index is 13.2. The highest BCUT2D eigenvalue weighted by molar-refractivity contribution is 7.92. The predicted octanol–water partition coefficient (Wildman–Crippen LogP) is 3.45.